The number of hydrogen-bond donors (Lipinski definition) is 0. The first-order valence-corrected chi connectivity index (χ1v) is 6.97. The van der Waals surface area contributed by atoms with Crippen LogP contribution in [0.3, 0.4) is 0 Å². The van der Waals surface area contributed by atoms with Gasteiger partial charge in [-0.15, -0.1) is 0 Å². The topological polar surface area (TPSA) is 59.4 Å². The number of rotatable bonds is 2. The summed E-state index contributed by atoms with van der Waals surface area (Å²) < 4.78 is 22.7. The standard InChI is InChI=1S/C11H14N2O2S/c1-11(4-7-16(14,15)9-11)13-8-10-2-5-12-6-3-10/h2-3,5-6,8H,4,7,9H2,1H3/t11-/m0/s1. The quantitative estimate of drug-likeness (QED) is 0.724. The molecule has 0 amide bonds. The predicted octanol–water partition coefficient (Wildman–Crippen LogP) is 1.08. The van der Waals surface area contributed by atoms with Crippen LogP contribution in [-0.2, 0) is 9.84 Å². The van der Waals surface area contributed by atoms with Crippen LogP contribution in [0.15, 0.2) is 29.5 Å². The second-order valence-electron chi connectivity index (χ2n) is 4.38. The Morgan fingerprint density at radius 2 is 2.12 bits per heavy atom. The van der Waals surface area contributed by atoms with E-state index in [2.05, 4.69) is 9.98 Å². The van der Waals surface area contributed by atoms with Gasteiger partial charge in [0.1, 0.15) is 0 Å². The Hall–Kier alpha value is -1.23. The molecule has 0 aliphatic carbocycles. The molecular formula is C11H14N2O2S. The van der Waals surface area contributed by atoms with Crippen LogP contribution in [0.4, 0.5) is 0 Å². The number of aromatic nitrogens is 1. The number of pyridine rings is 1. The number of hydrogen-bond acceptors (Lipinski definition) is 4. The summed E-state index contributed by atoms with van der Waals surface area (Å²) >= 11 is 0. The maximum Gasteiger partial charge on any atom is 0.152 e. The van der Waals surface area contributed by atoms with E-state index in [1.807, 2.05) is 19.1 Å². The highest BCUT2D eigenvalue weighted by Gasteiger charge is 2.37. The first-order valence-electron chi connectivity index (χ1n) is 5.15. The van der Waals surface area contributed by atoms with E-state index >= 15 is 0 Å². The smallest absolute Gasteiger partial charge is 0.152 e. The van der Waals surface area contributed by atoms with Gasteiger partial charge in [0.25, 0.3) is 0 Å². The third-order valence-corrected chi connectivity index (χ3v) is 4.60. The van der Waals surface area contributed by atoms with Crippen molar-refractivity contribution in [1.82, 2.24) is 4.98 Å². The van der Waals surface area contributed by atoms with Gasteiger partial charge in [0.05, 0.1) is 17.0 Å². The Bertz CT molecular complexity index is 496. The third kappa shape index (κ3) is 2.66. The van der Waals surface area contributed by atoms with Crippen molar-refractivity contribution < 1.29 is 8.42 Å². The first-order chi connectivity index (χ1) is 7.49. The Labute approximate surface area is 95.4 Å². The van der Waals surface area contributed by atoms with Gasteiger partial charge in [0, 0.05) is 18.6 Å². The number of sulfone groups is 1. The van der Waals surface area contributed by atoms with Crippen molar-refractivity contribution >= 4 is 16.1 Å². The van der Waals surface area contributed by atoms with Gasteiger partial charge in [-0.2, -0.15) is 0 Å². The summed E-state index contributed by atoms with van der Waals surface area (Å²) in [5.74, 6) is 0.402. The normalized spacial score (nSPS) is 28.6. The predicted molar refractivity (Wildman–Crippen MR) is 63.5 cm³/mol. The average Bonchev–Trinajstić information content (AvgIpc) is 2.53. The molecule has 1 atom stereocenters. The van der Waals surface area contributed by atoms with Crippen LogP contribution < -0.4 is 0 Å². The zero-order valence-electron chi connectivity index (χ0n) is 9.13. The molecule has 0 saturated carbocycles. The van der Waals surface area contributed by atoms with E-state index in [-0.39, 0.29) is 11.5 Å². The van der Waals surface area contributed by atoms with Gasteiger partial charge < -0.3 is 0 Å². The van der Waals surface area contributed by atoms with Gasteiger partial charge in [-0.3, -0.25) is 9.98 Å². The van der Waals surface area contributed by atoms with Crippen molar-refractivity contribution in [2.45, 2.75) is 18.9 Å². The van der Waals surface area contributed by atoms with E-state index in [9.17, 15) is 8.42 Å². The van der Waals surface area contributed by atoms with Gasteiger partial charge in [-0.05, 0) is 31.0 Å². The minimum absolute atomic E-state index is 0.154. The van der Waals surface area contributed by atoms with Gasteiger partial charge >= 0.3 is 0 Å². The summed E-state index contributed by atoms with van der Waals surface area (Å²) in [4.78, 5) is 8.30. The molecule has 0 N–H and O–H groups in total. The molecule has 86 valence electrons. The highest BCUT2D eigenvalue weighted by Crippen LogP contribution is 2.26. The van der Waals surface area contributed by atoms with E-state index in [1.165, 1.54) is 0 Å². The minimum Gasteiger partial charge on any atom is -0.285 e. The maximum atomic E-state index is 11.4. The molecule has 0 radical (unpaired) electrons. The summed E-state index contributed by atoms with van der Waals surface area (Å²) in [5.41, 5.74) is 0.489. The molecule has 1 aromatic rings. The maximum absolute atomic E-state index is 11.4. The van der Waals surface area contributed by atoms with Crippen LogP contribution >= 0.6 is 0 Å². The van der Waals surface area contributed by atoms with Crippen LogP contribution in [0.5, 0.6) is 0 Å². The fraction of sp³-hybridized carbons (Fsp3) is 0.455. The highest BCUT2D eigenvalue weighted by atomic mass is 32.2. The molecule has 5 heteroatoms. The fourth-order valence-electron chi connectivity index (χ4n) is 1.78. The molecule has 4 nitrogen and oxygen atoms in total. The summed E-state index contributed by atoms with van der Waals surface area (Å²) in [6.07, 6.45) is 5.71. The lowest BCUT2D eigenvalue weighted by Crippen LogP contribution is -2.23. The summed E-state index contributed by atoms with van der Waals surface area (Å²) in [6.45, 7) is 1.88. The Morgan fingerprint density at radius 3 is 2.69 bits per heavy atom. The molecule has 1 aliphatic rings. The molecule has 0 aromatic carbocycles. The van der Waals surface area contributed by atoms with E-state index in [0.717, 1.165) is 5.56 Å². The number of nitrogens with zero attached hydrogens (tertiary/aromatic N) is 2. The molecule has 2 rings (SSSR count). The van der Waals surface area contributed by atoms with Crippen LogP contribution in [-0.4, -0.2) is 36.7 Å². The SMILES string of the molecule is C[C@]1(N=Cc2ccncc2)CCS(=O)(=O)C1. The Kier molecular flexibility index (Phi) is 2.80. The average molecular weight is 238 g/mol. The lowest BCUT2D eigenvalue weighted by molar-refractivity contribution is 0.536. The molecule has 1 saturated heterocycles. The molecule has 1 aliphatic heterocycles. The minimum atomic E-state index is -2.88. The van der Waals surface area contributed by atoms with Crippen molar-refractivity contribution in [1.29, 1.82) is 0 Å². The monoisotopic (exact) mass is 238 g/mol. The fourth-order valence-corrected chi connectivity index (χ4v) is 3.84. The van der Waals surface area contributed by atoms with E-state index in [0.29, 0.717) is 6.42 Å². The second-order valence-corrected chi connectivity index (χ2v) is 6.56. The van der Waals surface area contributed by atoms with Crippen LogP contribution in [0, 0.1) is 0 Å². The Balaban J connectivity index is 2.14. The molecule has 0 unspecified atom stereocenters. The lowest BCUT2D eigenvalue weighted by Gasteiger charge is -2.15. The molecule has 0 spiro atoms. The van der Waals surface area contributed by atoms with Crippen molar-refractivity contribution in [3.63, 3.8) is 0 Å². The van der Waals surface area contributed by atoms with Crippen molar-refractivity contribution in [3.05, 3.63) is 30.1 Å². The van der Waals surface area contributed by atoms with Gasteiger partial charge in [0.2, 0.25) is 0 Å². The van der Waals surface area contributed by atoms with Gasteiger partial charge in [-0.25, -0.2) is 8.42 Å². The highest BCUT2D eigenvalue weighted by molar-refractivity contribution is 7.91. The van der Waals surface area contributed by atoms with E-state index in [1.54, 1.807) is 18.6 Å². The summed E-state index contributed by atoms with van der Waals surface area (Å²) in [6, 6.07) is 3.69. The molecule has 2 heterocycles. The number of aliphatic imine (C=N–C) groups is 1. The van der Waals surface area contributed by atoms with Gasteiger partial charge in [-0.1, -0.05) is 0 Å². The zero-order valence-corrected chi connectivity index (χ0v) is 9.94. The first kappa shape index (κ1) is 11.3. The largest absolute Gasteiger partial charge is 0.285 e. The molecule has 1 fully saturated rings. The van der Waals surface area contributed by atoms with Crippen LogP contribution in [0.25, 0.3) is 0 Å². The van der Waals surface area contributed by atoms with Crippen LogP contribution in [0.2, 0.25) is 0 Å². The van der Waals surface area contributed by atoms with E-state index in [4.69, 9.17) is 0 Å². The zero-order chi connectivity index (χ0) is 11.6. The Morgan fingerprint density at radius 1 is 1.44 bits per heavy atom. The van der Waals surface area contributed by atoms with Crippen molar-refractivity contribution in [3.8, 4) is 0 Å². The summed E-state index contributed by atoms with van der Waals surface area (Å²) in [7, 11) is -2.88. The lowest BCUT2D eigenvalue weighted by atomic mass is 10.0. The molecule has 0 bridgehead atoms. The second kappa shape index (κ2) is 3.97. The summed E-state index contributed by atoms with van der Waals surface area (Å²) in [5, 5.41) is 0. The van der Waals surface area contributed by atoms with Crippen LogP contribution in [0.1, 0.15) is 18.9 Å². The van der Waals surface area contributed by atoms with Crippen molar-refractivity contribution in [2.75, 3.05) is 11.5 Å². The van der Waals surface area contributed by atoms with E-state index < -0.39 is 15.4 Å². The third-order valence-electron chi connectivity index (χ3n) is 2.71. The molecular weight excluding hydrogens is 224 g/mol. The molecule has 1 aromatic heterocycles. The molecule has 16 heavy (non-hydrogen) atoms. The van der Waals surface area contributed by atoms with Crippen molar-refractivity contribution in [2.24, 2.45) is 4.99 Å². The van der Waals surface area contributed by atoms with Gasteiger partial charge in [0.15, 0.2) is 9.84 Å².